The summed E-state index contributed by atoms with van der Waals surface area (Å²) in [6.07, 6.45) is 8.05. The van der Waals surface area contributed by atoms with Gasteiger partial charge in [0.2, 0.25) is 0 Å². The van der Waals surface area contributed by atoms with E-state index in [4.69, 9.17) is 4.74 Å². The fourth-order valence-electron chi connectivity index (χ4n) is 2.26. The highest BCUT2D eigenvalue weighted by Gasteiger charge is 2.08. The van der Waals surface area contributed by atoms with Crippen LogP contribution in [-0.2, 0) is 0 Å². The van der Waals surface area contributed by atoms with Crippen LogP contribution in [0.2, 0.25) is 0 Å². The topological polar surface area (TPSA) is 29.5 Å². The van der Waals surface area contributed by atoms with Gasteiger partial charge in [0.25, 0.3) is 0 Å². The SMILES string of the molecule is CCCCCCCCC(O)c1cccc(OCC)c1. The molecule has 0 aliphatic heterocycles. The molecule has 0 heterocycles. The summed E-state index contributed by atoms with van der Waals surface area (Å²) in [6.45, 7) is 4.87. The Morgan fingerprint density at radius 3 is 2.53 bits per heavy atom. The van der Waals surface area contributed by atoms with Crippen LogP contribution in [0.1, 0.15) is 70.5 Å². The molecule has 0 amide bonds. The van der Waals surface area contributed by atoms with E-state index in [1.54, 1.807) is 0 Å². The number of hydrogen-bond acceptors (Lipinski definition) is 2. The molecule has 1 rings (SSSR count). The quantitative estimate of drug-likeness (QED) is 0.611. The first-order chi connectivity index (χ1) is 9.27. The third-order valence-electron chi connectivity index (χ3n) is 3.38. The maximum atomic E-state index is 10.2. The third-order valence-corrected chi connectivity index (χ3v) is 3.38. The van der Waals surface area contributed by atoms with E-state index in [1.807, 2.05) is 31.2 Å². The van der Waals surface area contributed by atoms with Gasteiger partial charge in [0.05, 0.1) is 12.7 Å². The van der Waals surface area contributed by atoms with Crippen LogP contribution in [0.4, 0.5) is 0 Å². The zero-order chi connectivity index (χ0) is 13.9. The number of aliphatic hydroxyl groups excluding tert-OH is 1. The molecule has 2 heteroatoms. The molecule has 0 aliphatic carbocycles. The van der Waals surface area contributed by atoms with Crippen molar-refractivity contribution in [1.82, 2.24) is 0 Å². The number of benzene rings is 1. The highest BCUT2D eigenvalue weighted by atomic mass is 16.5. The van der Waals surface area contributed by atoms with Gasteiger partial charge >= 0.3 is 0 Å². The molecule has 0 fully saturated rings. The lowest BCUT2D eigenvalue weighted by Crippen LogP contribution is -1.99. The van der Waals surface area contributed by atoms with E-state index in [0.29, 0.717) is 6.61 Å². The summed E-state index contributed by atoms with van der Waals surface area (Å²) in [4.78, 5) is 0. The Balaban J connectivity index is 2.28. The lowest BCUT2D eigenvalue weighted by molar-refractivity contribution is 0.163. The van der Waals surface area contributed by atoms with E-state index < -0.39 is 0 Å². The zero-order valence-corrected chi connectivity index (χ0v) is 12.4. The Labute approximate surface area is 117 Å². The standard InChI is InChI=1S/C17H28O2/c1-3-5-6-7-8-9-13-17(18)15-11-10-12-16(14-15)19-4-2/h10-12,14,17-18H,3-9,13H2,1-2H3. The number of rotatable bonds is 10. The smallest absolute Gasteiger partial charge is 0.119 e. The number of unbranched alkanes of at least 4 members (excludes halogenated alkanes) is 5. The predicted octanol–water partition coefficient (Wildman–Crippen LogP) is 4.87. The van der Waals surface area contributed by atoms with Crippen LogP contribution in [0.5, 0.6) is 5.75 Å². The van der Waals surface area contributed by atoms with Gasteiger partial charge in [-0.25, -0.2) is 0 Å². The minimum Gasteiger partial charge on any atom is -0.494 e. The summed E-state index contributed by atoms with van der Waals surface area (Å²) >= 11 is 0. The van der Waals surface area contributed by atoms with Crippen LogP contribution < -0.4 is 4.74 Å². The maximum Gasteiger partial charge on any atom is 0.119 e. The van der Waals surface area contributed by atoms with Crippen molar-refractivity contribution >= 4 is 0 Å². The molecule has 108 valence electrons. The minimum absolute atomic E-state index is 0.355. The Kier molecular flexibility index (Phi) is 8.31. The largest absolute Gasteiger partial charge is 0.494 e. The average molecular weight is 264 g/mol. The lowest BCUT2D eigenvalue weighted by atomic mass is 10.0. The first-order valence-corrected chi connectivity index (χ1v) is 7.68. The molecule has 0 spiro atoms. The van der Waals surface area contributed by atoms with Crippen molar-refractivity contribution in [3.05, 3.63) is 29.8 Å². The van der Waals surface area contributed by atoms with Gasteiger partial charge in [0.1, 0.15) is 5.75 Å². The van der Waals surface area contributed by atoms with Crippen molar-refractivity contribution < 1.29 is 9.84 Å². The van der Waals surface area contributed by atoms with Gasteiger partial charge in [-0.3, -0.25) is 0 Å². The molecule has 1 N–H and O–H groups in total. The van der Waals surface area contributed by atoms with E-state index in [0.717, 1.165) is 24.2 Å². The lowest BCUT2D eigenvalue weighted by Gasteiger charge is -2.12. The van der Waals surface area contributed by atoms with E-state index in [2.05, 4.69) is 6.92 Å². The molecule has 0 saturated carbocycles. The van der Waals surface area contributed by atoms with Crippen molar-refractivity contribution in [3.8, 4) is 5.75 Å². The Bertz CT molecular complexity index is 336. The van der Waals surface area contributed by atoms with Gasteiger partial charge < -0.3 is 9.84 Å². The molecule has 19 heavy (non-hydrogen) atoms. The van der Waals surface area contributed by atoms with Gasteiger partial charge in [-0.2, -0.15) is 0 Å². The average Bonchev–Trinajstić information content (AvgIpc) is 2.43. The number of aliphatic hydroxyl groups is 1. The summed E-state index contributed by atoms with van der Waals surface area (Å²) in [5.41, 5.74) is 0.972. The minimum atomic E-state index is -0.355. The molecule has 1 aromatic carbocycles. The van der Waals surface area contributed by atoms with Crippen molar-refractivity contribution in [2.75, 3.05) is 6.61 Å². The van der Waals surface area contributed by atoms with Crippen LogP contribution in [0.15, 0.2) is 24.3 Å². The molecule has 0 aliphatic rings. The third kappa shape index (κ3) is 6.63. The Morgan fingerprint density at radius 1 is 1.05 bits per heavy atom. The second kappa shape index (κ2) is 9.85. The van der Waals surface area contributed by atoms with Crippen LogP contribution in [0, 0.1) is 0 Å². The molecule has 2 nitrogen and oxygen atoms in total. The first kappa shape index (κ1) is 16.0. The highest BCUT2D eigenvalue weighted by molar-refractivity contribution is 5.29. The first-order valence-electron chi connectivity index (χ1n) is 7.68. The fourth-order valence-corrected chi connectivity index (χ4v) is 2.26. The van der Waals surface area contributed by atoms with Gasteiger partial charge in [-0.15, -0.1) is 0 Å². The molecule has 0 aromatic heterocycles. The molecule has 1 atom stereocenters. The molecule has 0 saturated heterocycles. The van der Waals surface area contributed by atoms with E-state index in [1.165, 1.54) is 32.1 Å². The summed E-state index contributed by atoms with van der Waals surface area (Å²) in [5.74, 6) is 0.849. The van der Waals surface area contributed by atoms with Crippen molar-refractivity contribution in [1.29, 1.82) is 0 Å². The predicted molar refractivity (Wildman–Crippen MR) is 80.6 cm³/mol. The Hall–Kier alpha value is -1.02. The van der Waals surface area contributed by atoms with E-state index >= 15 is 0 Å². The van der Waals surface area contributed by atoms with Crippen molar-refractivity contribution in [3.63, 3.8) is 0 Å². The van der Waals surface area contributed by atoms with Crippen LogP contribution in [0.25, 0.3) is 0 Å². The number of hydrogen-bond donors (Lipinski definition) is 1. The molecule has 0 radical (unpaired) electrons. The highest BCUT2D eigenvalue weighted by Crippen LogP contribution is 2.23. The molecule has 0 bridgehead atoms. The van der Waals surface area contributed by atoms with Gasteiger partial charge in [-0.1, -0.05) is 57.6 Å². The van der Waals surface area contributed by atoms with Crippen LogP contribution >= 0.6 is 0 Å². The van der Waals surface area contributed by atoms with Crippen LogP contribution in [0.3, 0.4) is 0 Å². The van der Waals surface area contributed by atoms with Gasteiger partial charge in [0, 0.05) is 0 Å². The summed E-state index contributed by atoms with van der Waals surface area (Å²) in [6, 6.07) is 7.81. The van der Waals surface area contributed by atoms with Gasteiger partial charge in [-0.05, 0) is 31.0 Å². The Morgan fingerprint density at radius 2 is 1.79 bits per heavy atom. The van der Waals surface area contributed by atoms with Crippen LogP contribution in [-0.4, -0.2) is 11.7 Å². The van der Waals surface area contributed by atoms with E-state index in [-0.39, 0.29) is 6.10 Å². The molecular formula is C17H28O2. The molecular weight excluding hydrogens is 236 g/mol. The zero-order valence-electron chi connectivity index (χ0n) is 12.4. The second-order valence-electron chi connectivity index (χ2n) is 5.08. The van der Waals surface area contributed by atoms with E-state index in [9.17, 15) is 5.11 Å². The monoisotopic (exact) mass is 264 g/mol. The maximum absolute atomic E-state index is 10.2. The summed E-state index contributed by atoms with van der Waals surface area (Å²) in [5, 5.41) is 10.2. The summed E-state index contributed by atoms with van der Waals surface area (Å²) in [7, 11) is 0. The normalized spacial score (nSPS) is 12.4. The number of ether oxygens (including phenoxy) is 1. The fraction of sp³-hybridized carbons (Fsp3) is 0.647. The summed E-state index contributed by atoms with van der Waals surface area (Å²) < 4.78 is 5.46. The van der Waals surface area contributed by atoms with Crippen molar-refractivity contribution in [2.24, 2.45) is 0 Å². The second-order valence-corrected chi connectivity index (χ2v) is 5.08. The van der Waals surface area contributed by atoms with Gasteiger partial charge in [0.15, 0.2) is 0 Å². The van der Waals surface area contributed by atoms with Crippen molar-refractivity contribution in [2.45, 2.75) is 64.9 Å². The molecule has 1 unspecified atom stereocenters. The molecule has 1 aromatic rings.